The zero-order chi connectivity index (χ0) is 97.8. The Morgan fingerprint density at radius 2 is 0.444 bits per heavy atom. The number of carbonyl (C=O) groups is 4. The molecule has 0 bridgehead atoms. The fraction of sp³-hybridized carbons (Fsp3) is 0.946. The van der Waals surface area contributed by atoms with Crippen LogP contribution in [0.4, 0.5) is 0 Å². The van der Waals surface area contributed by atoms with E-state index in [-0.39, 0.29) is 0 Å². The van der Waals surface area contributed by atoms with E-state index >= 15 is 0 Å². The van der Waals surface area contributed by atoms with E-state index in [4.69, 9.17) is 99.5 Å². The Kier molecular flexibility index (Phi) is 39.1. The van der Waals surface area contributed by atoms with Crippen LogP contribution < -0.4 is 21.3 Å². The fourth-order valence-electron chi connectivity index (χ4n) is 17.3. The Bertz CT molecular complexity index is 3630. The van der Waals surface area contributed by atoms with Gasteiger partial charge in [-0.3, -0.25) is 19.2 Å². The van der Waals surface area contributed by atoms with Gasteiger partial charge >= 0.3 is 0 Å². The minimum absolute atomic E-state index is 0.867. The summed E-state index contributed by atoms with van der Waals surface area (Å²) in [6.45, 7) is -6.22. The van der Waals surface area contributed by atoms with Crippen LogP contribution in [0.2, 0.25) is 0 Å². The van der Waals surface area contributed by atoms with E-state index in [1.807, 2.05) is 0 Å². The smallest absolute Gasteiger partial charge is 0.217 e. The Balaban J connectivity index is 0.899. The molecule has 11 aliphatic heterocycles. The molecule has 1 unspecified atom stereocenters. The highest BCUT2D eigenvalue weighted by molar-refractivity contribution is 5.74. The number of hydrogen-bond acceptors (Lipinski definition) is 55. The molecule has 133 heavy (non-hydrogen) atoms. The first-order valence-corrected chi connectivity index (χ1v) is 42.5. The van der Waals surface area contributed by atoms with Crippen LogP contribution in [0.1, 0.15) is 34.6 Å². The summed E-state index contributed by atoms with van der Waals surface area (Å²) in [5.41, 5.74) is 0. The fourth-order valence-corrected chi connectivity index (χ4v) is 17.3. The summed E-state index contributed by atoms with van der Waals surface area (Å²) in [7, 11) is 0. The molecular weight excluding hydrogens is 1820 g/mol. The molecule has 11 heterocycles. The zero-order valence-corrected chi connectivity index (χ0v) is 71.4. The van der Waals surface area contributed by atoms with E-state index in [2.05, 4.69) is 21.3 Å². The molecule has 0 aromatic heterocycles. The van der Waals surface area contributed by atoms with Gasteiger partial charge in [0.15, 0.2) is 69.2 Å². The summed E-state index contributed by atoms with van der Waals surface area (Å²) in [6, 6.07) is -7.95. The van der Waals surface area contributed by atoms with Crippen molar-refractivity contribution in [2.45, 2.75) is 372 Å². The first-order valence-electron chi connectivity index (χ1n) is 42.5. The van der Waals surface area contributed by atoms with E-state index < -0.39 is 427 Å². The van der Waals surface area contributed by atoms with Crippen LogP contribution in [0.3, 0.4) is 0 Å². The molecule has 0 aromatic rings. The molecule has 0 saturated carbocycles. The van der Waals surface area contributed by atoms with Gasteiger partial charge in [0, 0.05) is 27.7 Å². The minimum atomic E-state index is -2.61. The third-order valence-electron chi connectivity index (χ3n) is 24.5. The summed E-state index contributed by atoms with van der Waals surface area (Å²) in [5.74, 6) is -3.95. The van der Waals surface area contributed by atoms with Crippen molar-refractivity contribution in [3.8, 4) is 0 Å². The molecule has 55 atom stereocenters. The van der Waals surface area contributed by atoms with Crippen LogP contribution in [-0.4, -0.2) is 580 Å². The second kappa shape index (κ2) is 47.6. The number of rotatable bonds is 34. The van der Waals surface area contributed by atoms with Crippen molar-refractivity contribution in [1.82, 2.24) is 21.3 Å². The molecule has 770 valence electrons. The summed E-state index contributed by atoms with van der Waals surface area (Å²) in [6.07, 6.45) is -106. The molecule has 0 aromatic carbocycles. The van der Waals surface area contributed by atoms with Crippen LogP contribution >= 0.6 is 0 Å². The second-order valence-corrected chi connectivity index (χ2v) is 33.8. The highest BCUT2D eigenvalue weighted by Crippen LogP contribution is 2.42. The van der Waals surface area contributed by atoms with Gasteiger partial charge in [-0.1, -0.05) is 0 Å². The van der Waals surface area contributed by atoms with Gasteiger partial charge in [0.25, 0.3) is 0 Å². The Morgan fingerprint density at radius 3 is 0.774 bits per heavy atom. The largest absolute Gasteiger partial charge is 0.394 e. The monoisotopic (exact) mass is 1950 g/mol. The lowest BCUT2D eigenvalue weighted by molar-refractivity contribution is -0.394. The predicted octanol–water partition coefficient (Wildman–Crippen LogP) is -23.4. The average Bonchev–Trinajstić information content (AvgIpc) is 0.759. The lowest BCUT2D eigenvalue weighted by Crippen LogP contribution is -2.71. The molecule has 4 amide bonds. The normalized spacial score (nSPS) is 50.1. The van der Waals surface area contributed by atoms with Crippen LogP contribution in [-0.2, 0) is 119 Å². The van der Waals surface area contributed by atoms with Gasteiger partial charge in [-0.15, -0.1) is 0 Å². The van der Waals surface area contributed by atoms with Crippen molar-refractivity contribution in [1.29, 1.82) is 0 Å². The maximum Gasteiger partial charge on any atom is 0.217 e. The number of carbonyl (C=O) groups excluding carboxylic acids is 4. The molecule has 34 N–H and O–H groups in total. The topological polar surface area (TPSA) is 917 Å². The van der Waals surface area contributed by atoms with Crippen molar-refractivity contribution < 1.29 is 272 Å². The number of nitrogens with one attached hydrogen (secondary N) is 4. The molecule has 0 aliphatic carbocycles. The summed E-state index contributed by atoms with van der Waals surface area (Å²) < 4.78 is 124. The van der Waals surface area contributed by atoms with E-state index in [1.165, 1.54) is 6.92 Å². The van der Waals surface area contributed by atoms with Gasteiger partial charge in [-0.05, 0) is 6.92 Å². The van der Waals surface area contributed by atoms with Crippen LogP contribution in [0.25, 0.3) is 0 Å². The van der Waals surface area contributed by atoms with Gasteiger partial charge in [0.05, 0.1) is 72.2 Å². The molecule has 0 radical (unpaired) electrons. The SMILES string of the molecule is CC(=O)N[C@H]1[C@H](OC[C@H]2O[C@@H](O[C@H]3[C@H](O)[C@@H](O)C(O)O[C@@H]3CO)[C@H](O)[C@@H](O[C@@H]3O[C@H](CO)[C@@H](O[C@@H]4O[C@H](CO[C@@H]5O[C@H](CO)[C@@H](O[C@@H]6O[C@H](CO)[C@H](O)[C@H](O)[C@H]6O)[C@H](O)[C@H]5NC(C)=O)[C@H](O)[C@H](O[C@@H]5O[C@H](CO)[C@@H](O[C@@H]6O[C@H](CO)[C@H](O)[C@H](O)[C@H]6O[C@@H]6O[C@@H](C)[C@@H](O)[C@@H](O)[C@@H]6O)[C@H](O)[C@H]5NC(C)=O)[C@H]4O)[C@H](O)[C@H]3NC(C)=O)[C@H]2O)O[C@H](CO)[C@@H](O[C@@H]2O[C@H](CO)[C@H](O)[C@H](O)[C@H]2O)[C@@H]1O. The minimum Gasteiger partial charge on any atom is -0.394 e. The van der Waals surface area contributed by atoms with Gasteiger partial charge < -0.3 is 274 Å². The number of aliphatic hydroxyl groups excluding tert-OH is 30. The molecule has 11 rings (SSSR count). The van der Waals surface area contributed by atoms with E-state index in [0.29, 0.717) is 0 Å². The molecule has 59 heteroatoms. The second-order valence-electron chi connectivity index (χ2n) is 33.8. The van der Waals surface area contributed by atoms with Crippen molar-refractivity contribution in [3.05, 3.63) is 0 Å². The number of aliphatic hydroxyl groups is 30. The Hall–Kier alpha value is -4.16. The number of amides is 4. The third-order valence-corrected chi connectivity index (χ3v) is 24.5. The summed E-state index contributed by atoms with van der Waals surface area (Å²) >= 11 is 0. The zero-order valence-electron chi connectivity index (χ0n) is 71.4. The summed E-state index contributed by atoms with van der Waals surface area (Å²) in [5, 5.41) is 344. The number of ether oxygens (including phenoxy) is 21. The van der Waals surface area contributed by atoms with Gasteiger partial charge in [0.1, 0.15) is 262 Å². The van der Waals surface area contributed by atoms with Crippen molar-refractivity contribution >= 4 is 23.6 Å². The Labute approximate surface area is 752 Å². The predicted molar refractivity (Wildman–Crippen MR) is 407 cm³/mol. The van der Waals surface area contributed by atoms with Gasteiger partial charge in [-0.2, -0.15) is 0 Å². The van der Waals surface area contributed by atoms with Crippen molar-refractivity contribution in [2.24, 2.45) is 0 Å². The van der Waals surface area contributed by atoms with Crippen LogP contribution in [0.15, 0.2) is 0 Å². The first kappa shape index (κ1) is 109. The lowest BCUT2D eigenvalue weighted by atomic mass is 9.93. The van der Waals surface area contributed by atoms with E-state index in [0.717, 1.165) is 27.7 Å². The molecular formula is C74H124N4O55. The van der Waals surface area contributed by atoms with E-state index in [9.17, 15) is 172 Å². The number of hydrogen-bond donors (Lipinski definition) is 34. The van der Waals surface area contributed by atoms with Crippen molar-refractivity contribution in [2.75, 3.05) is 66.1 Å². The molecule has 59 nitrogen and oxygen atoms in total. The maximum atomic E-state index is 13.5. The third kappa shape index (κ3) is 24.1. The first-order chi connectivity index (χ1) is 62.9. The summed E-state index contributed by atoms with van der Waals surface area (Å²) in [4.78, 5) is 52.6. The molecule has 11 aliphatic rings. The highest BCUT2D eigenvalue weighted by Gasteiger charge is 2.63. The van der Waals surface area contributed by atoms with Crippen LogP contribution in [0, 0.1) is 0 Å². The van der Waals surface area contributed by atoms with E-state index in [1.54, 1.807) is 0 Å². The molecule has 0 spiro atoms. The standard InChI is InChI=1S/C74H124N4O55/c1-16-35(91)45(101)51(107)69(115-16)133-63-48(104)38(94)23(8-81)119-74(63)130-59-28(13-86)123-68(34(44(59)100)78-20(5)90)131-61-39(95)29(14-113-65-31(75-17(2)87)41(97)56(25(10-83)120-65)126-70-52(108)46(102)36(92)21(6-79)117-70)124-72(54(61)110)128-58-27(12-85)122-67(33(43(58)99)77-19(4)89)132-62-40(96)30(125-73(55(62)111)129-60-24(9-82)116-64(112)50(106)49(60)105)15-114-66-32(76-18(3)88)42(98)57(26(11-84)121-66)127-71-53(109)47(103)37(93)22(7-80)118-71/h16,21-74,79-86,91-112H,6-15H2,1-5H3,(H,75,87)(H,76,88)(H,77,89)(H,78,90)/t16-,21+,22+,23+,24+,25+,26+,27+,28+,29+,30+,31+,32+,33+,34+,35+,36-,37-,38-,39-,40-,41+,42+,43+,44+,45+,46-,47-,48-,49+,50+,51-,52+,53+,54+,55+,56+,57+,58+,59+,60+,61-,62-,63+,64?,65+,66+,67-,68-,69-,70-,71-,72-,73-,74-/m0/s1. The maximum absolute atomic E-state index is 13.5. The molecule has 11 saturated heterocycles. The van der Waals surface area contributed by atoms with Gasteiger partial charge in [-0.25, -0.2) is 0 Å². The lowest BCUT2D eigenvalue weighted by Gasteiger charge is -2.51. The van der Waals surface area contributed by atoms with Gasteiger partial charge in [0.2, 0.25) is 23.6 Å². The average molecular weight is 1950 g/mol. The molecule has 11 fully saturated rings. The van der Waals surface area contributed by atoms with Crippen molar-refractivity contribution in [3.63, 3.8) is 0 Å². The highest BCUT2D eigenvalue weighted by atomic mass is 16.8. The Morgan fingerprint density at radius 1 is 0.211 bits per heavy atom. The quantitative estimate of drug-likeness (QED) is 0.0284. The van der Waals surface area contributed by atoms with Crippen LogP contribution in [0.5, 0.6) is 0 Å².